The van der Waals surface area contributed by atoms with Gasteiger partial charge in [-0.2, -0.15) is 0 Å². The van der Waals surface area contributed by atoms with Crippen LogP contribution in [0.5, 0.6) is 11.5 Å². The third kappa shape index (κ3) is 2.42. The molecule has 4 nitrogen and oxygen atoms in total. The van der Waals surface area contributed by atoms with Gasteiger partial charge in [-0.1, -0.05) is 12.1 Å². The zero-order chi connectivity index (χ0) is 11.4. The van der Waals surface area contributed by atoms with Crippen molar-refractivity contribution in [3.8, 4) is 11.5 Å². The molecular formula is C12H12N2O2. The van der Waals surface area contributed by atoms with Crippen molar-refractivity contribution >= 4 is 6.08 Å². The predicted octanol–water partition coefficient (Wildman–Crippen LogP) is 2.08. The first-order valence-corrected chi connectivity index (χ1v) is 4.91. The van der Waals surface area contributed by atoms with Crippen molar-refractivity contribution in [2.75, 3.05) is 0 Å². The van der Waals surface area contributed by atoms with Crippen molar-refractivity contribution in [1.29, 1.82) is 0 Å². The molecule has 3 N–H and O–H groups in total. The number of benzene rings is 1. The lowest BCUT2D eigenvalue weighted by atomic mass is 10.1. The van der Waals surface area contributed by atoms with Crippen LogP contribution in [0.4, 0.5) is 0 Å². The standard InChI is InChI=1S/C12H12N2O2/c15-11-5-4-9(12(16)6-11)2-1-3-10-7-13-8-14-10/h1,3-8,15-16H,2H2,(H,13,14). The van der Waals surface area contributed by atoms with Gasteiger partial charge in [0.1, 0.15) is 11.5 Å². The summed E-state index contributed by atoms with van der Waals surface area (Å²) in [6, 6.07) is 4.58. The third-order valence-electron chi connectivity index (χ3n) is 2.22. The Hall–Kier alpha value is -2.23. The molecule has 2 rings (SSSR count). The van der Waals surface area contributed by atoms with Gasteiger partial charge in [0.25, 0.3) is 0 Å². The lowest BCUT2D eigenvalue weighted by Crippen LogP contribution is -1.82. The van der Waals surface area contributed by atoms with E-state index in [4.69, 9.17) is 5.11 Å². The Labute approximate surface area is 92.9 Å². The molecule has 0 aliphatic carbocycles. The molecule has 0 unspecified atom stereocenters. The summed E-state index contributed by atoms with van der Waals surface area (Å²) in [6.45, 7) is 0. The highest BCUT2D eigenvalue weighted by Gasteiger charge is 1.99. The number of aromatic amines is 1. The Balaban J connectivity index is 2.05. The number of nitrogens with one attached hydrogen (secondary N) is 1. The van der Waals surface area contributed by atoms with E-state index in [2.05, 4.69) is 9.97 Å². The molecule has 16 heavy (non-hydrogen) atoms. The van der Waals surface area contributed by atoms with Gasteiger partial charge >= 0.3 is 0 Å². The fraction of sp³-hybridized carbons (Fsp3) is 0.0833. The first kappa shape index (κ1) is 10.3. The monoisotopic (exact) mass is 216 g/mol. The molecule has 0 aliphatic rings. The number of hydrogen-bond acceptors (Lipinski definition) is 3. The maximum atomic E-state index is 9.53. The summed E-state index contributed by atoms with van der Waals surface area (Å²) in [7, 11) is 0. The molecule has 0 bridgehead atoms. The topological polar surface area (TPSA) is 69.1 Å². The van der Waals surface area contributed by atoms with Gasteiger partial charge < -0.3 is 15.2 Å². The molecule has 0 atom stereocenters. The van der Waals surface area contributed by atoms with Crippen molar-refractivity contribution < 1.29 is 10.2 Å². The molecule has 82 valence electrons. The van der Waals surface area contributed by atoms with E-state index in [1.807, 2.05) is 12.2 Å². The summed E-state index contributed by atoms with van der Waals surface area (Å²) in [5, 5.41) is 18.7. The average molecular weight is 216 g/mol. The molecule has 0 amide bonds. The molecule has 0 saturated heterocycles. The molecule has 1 heterocycles. The Morgan fingerprint density at radius 1 is 1.31 bits per heavy atom. The summed E-state index contributed by atoms with van der Waals surface area (Å²) in [5.41, 5.74) is 1.69. The van der Waals surface area contributed by atoms with Crippen LogP contribution in [0.15, 0.2) is 36.8 Å². The fourth-order valence-corrected chi connectivity index (χ4v) is 1.40. The minimum atomic E-state index is 0.0683. The van der Waals surface area contributed by atoms with E-state index in [-0.39, 0.29) is 11.5 Å². The van der Waals surface area contributed by atoms with Crippen LogP contribution >= 0.6 is 0 Å². The Morgan fingerprint density at radius 2 is 2.19 bits per heavy atom. The third-order valence-corrected chi connectivity index (χ3v) is 2.22. The first-order chi connectivity index (χ1) is 7.75. The average Bonchev–Trinajstić information content (AvgIpc) is 2.74. The summed E-state index contributed by atoms with van der Waals surface area (Å²) < 4.78 is 0. The maximum absolute atomic E-state index is 9.53. The van der Waals surface area contributed by atoms with Crippen LogP contribution in [0.3, 0.4) is 0 Å². The van der Waals surface area contributed by atoms with Gasteiger partial charge in [0.2, 0.25) is 0 Å². The van der Waals surface area contributed by atoms with Crippen LogP contribution in [0, 0.1) is 0 Å². The number of phenolic OH excluding ortho intramolecular Hbond substituents is 2. The molecule has 4 heteroatoms. The number of aromatic nitrogens is 2. The molecule has 0 saturated carbocycles. The predicted molar refractivity (Wildman–Crippen MR) is 61.1 cm³/mol. The van der Waals surface area contributed by atoms with E-state index in [1.165, 1.54) is 6.07 Å². The first-order valence-electron chi connectivity index (χ1n) is 4.91. The molecule has 0 radical (unpaired) electrons. The molecule has 0 spiro atoms. The number of hydrogen-bond donors (Lipinski definition) is 3. The summed E-state index contributed by atoms with van der Waals surface area (Å²) in [5.74, 6) is 0.174. The van der Waals surface area contributed by atoms with Crippen LogP contribution in [0.1, 0.15) is 11.3 Å². The Kier molecular flexibility index (Phi) is 2.91. The van der Waals surface area contributed by atoms with Crippen LogP contribution in [-0.4, -0.2) is 20.2 Å². The highest BCUT2D eigenvalue weighted by molar-refractivity contribution is 5.46. The molecule has 1 aromatic carbocycles. The van der Waals surface area contributed by atoms with Crippen LogP contribution in [-0.2, 0) is 6.42 Å². The second-order valence-electron chi connectivity index (χ2n) is 3.43. The zero-order valence-corrected chi connectivity index (χ0v) is 8.59. The van der Waals surface area contributed by atoms with Crippen LogP contribution < -0.4 is 0 Å². The van der Waals surface area contributed by atoms with E-state index in [1.54, 1.807) is 24.7 Å². The smallest absolute Gasteiger partial charge is 0.122 e. The number of nitrogens with zero attached hydrogens (tertiary/aromatic N) is 1. The van der Waals surface area contributed by atoms with Gasteiger partial charge in [0, 0.05) is 6.07 Å². The minimum Gasteiger partial charge on any atom is -0.508 e. The van der Waals surface area contributed by atoms with E-state index in [0.29, 0.717) is 6.42 Å². The number of rotatable bonds is 3. The molecule has 2 aromatic rings. The number of imidazole rings is 1. The van der Waals surface area contributed by atoms with Gasteiger partial charge in [-0.25, -0.2) is 4.98 Å². The van der Waals surface area contributed by atoms with Gasteiger partial charge in [-0.15, -0.1) is 0 Å². The van der Waals surface area contributed by atoms with Crippen molar-refractivity contribution in [3.05, 3.63) is 48.1 Å². The maximum Gasteiger partial charge on any atom is 0.122 e. The number of phenols is 2. The van der Waals surface area contributed by atoms with Crippen LogP contribution in [0.2, 0.25) is 0 Å². The SMILES string of the molecule is Oc1ccc(CC=Cc2cnc[nH]2)c(O)c1. The number of allylic oxidation sites excluding steroid dienone is 1. The van der Waals surface area contributed by atoms with E-state index in [9.17, 15) is 5.11 Å². The van der Waals surface area contributed by atoms with Gasteiger partial charge in [0.05, 0.1) is 18.2 Å². The molecular weight excluding hydrogens is 204 g/mol. The summed E-state index contributed by atoms with van der Waals surface area (Å²) in [6.07, 6.45) is 7.73. The molecule has 1 aromatic heterocycles. The Bertz CT molecular complexity index is 490. The molecule has 0 fully saturated rings. The lowest BCUT2D eigenvalue weighted by molar-refractivity contribution is 0.447. The van der Waals surface area contributed by atoms with Crippen molar-refractivity contribution in [1.82, 2.24) is 9.97 Å². The zero-order valence-electron chi connectivity index (χ0n) is 8.59. The summed E-state index contributed by atoms with van der Waals surface area (Å²) >= 11 is 0. The van der Waals surface area contributed by atoms with Gasteiger partial charge in [-0.3, -0.25) is 0 Å². The number of H-pyrrole nitrogens is 1. The second-order valence-corrected chi connectivity index (χ2v) is 3.43. The second kappa shape index (κ2) is 4.53. The number of aromatic hydroxyl groups is 2. The highest BCUT2D eigenvalue weighted by atomic mass is 16.3. The summed E-state index contributed by atoms with van der Waals surface area (Å²) in [4.78, 5) is 6.83. The van der Waals surface area contributed by atoms with E-state index >= 15 is 0 Å². The van der Waals surface area contributed by atoms with E-state index < -0.39 is 0 Å². The quantitative estimate of drug-likeness (QED) is 0.735. The fourth-order valence-electron chi connectivity index (χ4n) is 1.40. The van der Waals surface area contributed by atoms with Crippen molar-refractivity contribution in [2.24, 2.45) is 0 Å². The Morgan fingerprint density at radius 3 is 2.88 bits per heavy atom. The largest absolute Gasteiger partial charge is 0.508 e. The highest BCUT2D eigenvalue weighted by Crippen LogP contribution is 2.23. The van der Waals surface area contributed by atoms with E-state index in [0.717, 1.165) is 11.3 Å². The van der Waals surface area contributed by atoms with Gasteiger partial charge in [-0.05, 0) is 24.1 Å². The van der Waals surface area contributed by atoms with Crippen molar-refractivity contribution in [3.63, 3.8) is 0 Å². The normalized spacial score (nSPS) is 11.0. The van der Waals surface area contributed by atoms with Gasteiger partial charge in [0.15, 0.2) is 0 Å². The van der Waals surface area contributed by atoms with Crippen molar-refractivity contribution in [2.45, 2.75) is 6.42 Å². The van der Waals surface area contributed by atoms with Crippen LogP contribution in [0.25, 0.3) is 6.08 Å². The lowest BCUT2D eigenvalue weighted by Gasteiger charge is -2.01. The minimum absolute atomic E-state index is 0.0683. The molecule has 0 aliphatic heterocycles.